The van der Waals surface area contributed by atoms with Gasteiger partial charge in [0.05, 0.1) is 16.3 Å². The maximum Gasteiger partial charge on any atom is 0.416 e. The van der Waals surface area contributed by atoms with E-state index in [2.05, 4.69) is 0 Å². The molecule has 1 aliphatic rings. The lowest BCUT2D eigenvalue weighted by Gasteiger charge is -2.13. The Hall–Kier alpha value is -3.47. The molecular formula is C21H13ClF6N2O3. The standard InChI is InChI=1S/C21H13ClF6N2O3/c22-12-8-10(21(26,27)28)4-7-17(12)33-11-5-6-16(15(25)9-11)29-20(32)30-19(31)18-13(23)2-1-3-14(18)24/h2,4-9H,1,3H2,(H2,29,30,31,32). The first-order valence-electron chi connectivity index (χ1n) is 9.17. The molecule has 0 bridgehead atoms. The number of halogens is 7. The molecule has 0 radical (unpaired) electrons. The van der Waals surface area contributed by atoms with Gasteiger partial charge in [-0.2, -0.15) is 13.2 Å². The van der Waals surface area contributed by atoms with Crippen molar-refractivity contribution >= 4 is 29.2 Å². The number of hydrogen-bond donors (Lipinski definition) is 2. The quantitative estimate of drug-likeness (QED) is 0.463. The van der Waals surface area contributed by atoms with Crippen molar-refractivity contribution in [2.24, 2.45) is 0 Å². The second-order valence-electron chi connectivity index (χ2n) is 6.67. The summed E-state index contributed by atoms with van der Waals surface area (Å²) < 4.78 is 85.0. The molecule has 33 heavy (non-hydrogen) atoms. The van der Waals surface area contributed by atoms with E-state index in [1.807, 2.05) is 5.32 Å². The molecule has 5 nitrogen and oxygen atoms in total. The number of alkyl halides is 3. The zero-order valence-electron chi connectivity index (χ0n) is 16.3. The lowest BCUT2D eigenvalue weighted by molar-refractivity contribution is -0.137. The molecule has 2 aromatic carbocycles. The lowest BCUT2D eigenvalue weighted by atomic mass is 10.0. The molecule has 174 valence electrons. The predicted octanol–water partition coefficient (Wildman–Crippen LogP) is 6.81. The van der Waals surface area contributed by atoms with Crippen molar-refractivity contribution in [1.29, 1.82) is 0 Å². The number of amides is 3. The first kappa shape index (κ1) is 24.2. The monoisotopic (exact) mass is 490 g/mol. The molecule has 2 N–H and O–H groups in total. The van der Waals surface area contributed by atoms with Gasteiger partial charge < -0.3 is 10.1 Å². The second-order valence-corrected chi connectivity index (χ2v) is 7.07. The fraction of sp³-hybridized carbons (Fsp3) is 0.143. The molecule has 0 heterocycles. The molecule has 3 rings (SSSR count). The summed E-state index contributed by atoms with van der Waals surface area (Å²) in [6.07, 6.45) is -3.74. The summed E-state index contributed by atoms with van der Waals surface area (Å²) in [6, 6.07) is 4.09. The van der Waals surface area contributed by atoms with Crippen LogP contribution in [0.3, 0.4) is 0 Å². The number of benzene rings is 2. The predicted molar refractivity (Wildman–Crippen MR) is 107 cm³/mol. The number of ether oxygens (including phenoxy) is 1. The molecule has 0 fully saturated rings. The summed E-state index contributed by atoms with van der Waals surface area (Å²) in [6.45, 7) is 0. The molecule has 0 spiro atoms. The fourth-order valence-electron chi connectivity index (χ4n) is 2.78. The Morgan fingerprint density at radius 1 is 1.03 bits per heavy atom. The molecule has 0 unspecified atom stereocenters. The van der Waals surface area contributed by atoms with E-state index < -0.39 is 52.4 Å². The third kappa shape index (κ3) is 5.86. The van der Waals surface area contributed by atoms with E-state index in [4.69, 9.17) is 16.3 Å². The number of anilines is 1. The van der Waals surface area contributed by atoms with E-state index in [1.54, 1.807) is 5.32 Å². The normalized spacial score (nSPS) is 14.0. The SMILES string of the molecule is O=C(NC(=O)C1=C(F)CCC=C1F)Nc1ccc(Oc2ccc(C(F)(F)F)cc2Cl)cc1F. The van der Waals surface area contributed by atoms with Crippen molar-refractivity contribution in [3.05, 3.63) is 76.1 Å². The first-order chi connectivity index (χ1) is 15.5. The van der Waals surface area contributed by atoms with Crippen molar-refractivity contribution < 1.29 is 40.7 Å². The van der Waals surface area contributed by atoms with Gasteiger partial charge in [-0.15, -0.1) is 0 Å². The van der Waals surface area contributed by atoms with E-state index in [1.165, 1.54) is 6.07 Å². The number of carbonyl (C=O) groups excluding carboxylic acids is 2. The van der Waals surface area contributed by atoms with Gasteiger partial charge in [-0.05, 0) is 42.8 Å². The first-order valence-corrected chi connectivity index (χ1v) is 9.54. The summed E-state index contributed by atoms with van der Waals surface area (Å²) in [5, 5.41) is 3.32. The van der Waals surface area contributed by atoms with E-state index in [9.17, 15) is 35.9 Å². The summed E-state index contributed by atoms with van der Waals surface area (Å²) in [5.74, 6) is -4.83. The highest BCUT2D eigenvalue weighted by Gasteiger charge is 2.31. The van der Waals surface area contributed by atoms with Crippen LogP contribution >= 0.6 is 11.6 Å². The number of allylic oxidation sites excluding steroid dienone is 2. The highest BCUT2D eigenvalue weighted by molar-refractivity contribution is 6.32. The fourth-order valence-corrected chi connectivity index (χ4v) is 3.00. The number of hydrogen-bond acceptors (Lipinski definition) is 3. The van der Waals surface area contributed by atoms with E-state index >= 15 is 0 Å². The third-order valence-corrected chi connectivity index (χ3v) is 4.62. The Bertz CT molecular complexity index is 1180. The van der Waals surface area contributed by atoms with Gasteiger partial charge in [-0.25, -0.2) is 18.0 Å². The van der Waals surface area contributed by atoms with Crippen molar-refractivity contribution in [3.8, 4) is 11.5 Å². The van der Waals surface area contributed by atoms with Gasteiger partial charge in [0.1, 0.15) is 34.5 Å². The van der Waals surface area contributed by atoms with Crippen molar-refractivity contribution in [3.63, 3.8) is 0 Å². The van der Waals surface area contributed by atoms with Crippen LogP contribution in [0.4, 0.5) is 36.8 Å². The number of rotatable bonds is 4. The minimum Gasteiger partial charge on any atom is -0.456 e. The molecule has 0 atom stereocenters. The van der Waals surface area contributed by atoms with Crippen molar-refractivity contribution in [2.45, 2.75) is 19.0 Å². The number of carbonyl (C=O) groups is 2. The molecule has 12 heteroatoms. The van der Waals surface area contributed by atoms with Crippen LogP contribution in [0.1, 0.15) is 18.4 Å². The van der Waals surface area contributed by atoms with Crippen LogP contribution in [0.25, 0.3) is 0 Å². The molecule has 0 aromatic heterocycles. The second kappa shape index (κ2) is 9.57. The average Bonchev–Trinajstić information content (AvgIpc) is 2.70. The van der Waals surface area contributed by atoms with Crippen LogP contribution in [0.5, 0.6) is 11.5 Å². The summed E-state index contributed by atoms with van der Waals surface area (Å²) in [5.41, 5.74) is -2.32. The van der Waals surface area contributed by atoms with Crippen LogP contribution in [-0.4, -0.2) is 11.9 Å². The van der Waals surface area contributed by atoms with Gasteiger partial charge in [0.25, 0.3) is 5.91 Å². The Labute approximate surface area is 187 Å². The zero-order valence-corrected chi connectivity index (χ0v) is 17.1. The summed E-state index contributed by atoms with van der Waals surface area (Å²) >= 11 is 5.78. The molecule has 3 amide bonds. The van der Waals surface area contributed by atoms with E-state index in [0.29, 0.717) is 6.07 Å². The van der Waals surface area contributed by atoms with Crippen LogP contribution in [-0.2, 0) is 11.0 Å². The topological polar surface area (TPSA) is 67.4 Å². The number of urea groups is 1. The smallest absolute Gasteiger partial charge is 0.416 e. The highest BCUT2D eigenvalue weighted by Crippen LogP contribution is 2.37. The Balaban J connectivity index is 1.67. The number of imide groups is 1. The maximum atomic E-state index is 14.3. The van der Waals surface area contributed by atoms with Crippen LogP contribution in [0.15, 0.2) is 59.7 Å². The summed E-state index contributed by atoms with van der Waals surface area (Å²) in [7, 11) is 0. The Morgan fingerprint density at radius 3 is 2.36 bits per heavy atom. The number of nitrogens with one attached hydrogen (secondary N) is 2. The zero-order chi connectivity index (χ0) is 24.3. The van der Waals surface area contributed by atoms with Gasteiger partial charge in [0.15, 0.2) is 0 Å². The van der Waals surface area contributed by atoms with Crippen molar-refractivity contribution in [1.82, 2.24) is 5.32 Å². The Kier molecular flexibility index (Phi) is 7.01. The molecule has 0 saturated carbocycles. The van der Waals surface area contributed by atoms with Gasteiger partial charge >= 0.3 is 12.2 Å². The third-order valence-electron chi connectivity index (χ3n) is 4.33. The van der Waals surface area contributed by atoms with Gasteiger partial charge in [0, 0.05) is 12.5 Å². The van der Waals surface area contributed by atoms with Crippen molar-refractivity contribution in [2.75, 3.05) is 5.32 Å². The minimum atomic E-state index is -4.61. The summed E-state index contributed by atoms with van der Waals surface area (Å²) in [4.78, 5) is 23.9. The van der Waals surface area contributed by atoms with E-state index in [0.717, 1.165) is 30.3 Å². The Morgan fingerprint density at radius 2 is 1.76 bits per heavy atom. The van der Waals surface area contributed by atoms with Crippen LogP contribution in [0.2, 0.25) is 5.02 Å². The molecular weight excluding hydrogens is 478 g/mol. The van der Waals surface area contributed by atoms with Gasteiger partial charge in [-0.1, -0.05) is 11.6 Å². The molecule has 0 aliphatic heterocycles. The van der Waals surface area contributed by atoms with Crippen LogP contribution in [0, 0.1) is 5.82 Å². The van der Waals surface area contributed by atoms with E-state index in [-0.39, 0.29) is 29.4 Å². The molecule has 0 saturated heterocycles. The lowest BCUT2D eigenvalue weighted by Crippen LogP contribution is -2.36. The van der Waals surface area contributed by atoms with Gasteiger partial charge in [-0.3, -0.25) is 10.1 Å². The maximum absolute atomic E-state index is 14.3. The highest BCUT2D eigenvalue weighted by atomic mass is 35.5. The largest absolute Gasteiger partial charge is 0.456 e. The minimum absolute atomic E-state index is 0.0674. The molecule has 2 aromatic rings. The average molecular weight is 491 g/mol. The van der Waals surface area contributed by atoms with Crippen LogP contribution < -0.4 is 15.4 Å². The van der Waals surface area contributed by atoms with Gasteiger partial charge in [0.2, 0.25) is 0 Å². The molecule has 1 aliphatic carbocycles.